The summed E-state index contributed by atoms with van der Waals surface area (Å²) in [6, 6.07) is 12.2. The van der Waals surface area contributed by atoms with Crippen LogP contribution in [0, 0.1) is 6.92 Å². The van der Waals surface area contributed by atoms with E-state index < -0.39 is 0 Å². The van der Waals surface area contributed by atoms with Gasteiger partial charge in [0, 0.05) is 23.6 Å². The molecule has 5 nitrogen and oxygen atoms in total. The lowest BCUT2D eigenvalue weighted by Crippen LogP contribution is -2.23. The molecule has 0 spiro atoms. The number of hydrogen-bond acceptors (Lipinski definition) is 4. The van der Waals surface area contributed by atoms with Crippen molar-refractivity contribution in [3.05, 3.63) is 69.3 Å². The molecule has 3 aromatic rings. The molecule has 0 radical (unpaired) electrons. The topological polar surface area (TPSA) is 68.3 Å². The average molecular weight is 431 g/mol. The molecule has 1 aromatic heterocycles. The molecule has 1 atom stereocenters. The Morgan fingerprint density at radius 2 is 1.79 bits per heavy atom. The highest BCUT2D eigenvalue weighted by molar-refractivity contribution is 6.39. The molecule has 0 saturated carbocycles. The van der Waals surface area contributed by atoms with Gasteiger partial charge < -0.3 is 10.1 Å². The maximum atomic E-state index is 12.6. The molecule has 150 valence electrons. The Bertz CT molecular complexity index is 1080. The van der Waals surface area contributed by atoms with Crippen LogP contribution in [-0.4, -0.2) is 23.3 Å². The number of carbonyl (C=O) groups excluding carboxylic acids is 2. The molecule has 0 aliphatic heterocycles. The first kappa shape index (κ1) is 21.1. The Kier molecular flexibility index (Phi) is 6.40. The van der Waals surface area contributed by atoms with Crippen molar-refractivity contribution in [2.45, 2.75) is 26.8 Å². The Morgan fingerprint density at radius 1 is 1.10 bits per heavy atom. The number of benzene rings is 2. The van der Waals surface area contributed by atoms with E-state index in [1.807, 2.05) is 38.1 Å². The summed E-state index contributed by atoms with van der Waals surface area (Å²) in [5.41, 5.74) is 2.72. The normalized spacial score (nSPS) is 11.9. The van der Waals surface area contributed by atoms with Gasteiger partial charge in [0.25, 0.3) is 0 Å². The predicted octanol–water partition coefficient (Wildman–Crippen LogP) is 5.31. The number of pyridine rings is 1. The summed E-state index contributed by atoms with van der Waals surface area (Å²) in [6.07, 6.45) is 0. The lowest BCUT2D eigenvalue weighted by molar-refractivity contribution is -0.119. The van der Waals surface area contributed by atoms with Crippen LogP contribution in [0.1, 0.15) is 41.5 Å². The van der Waals surface area contributed by atoms with Crippen LogP contribution in [-0.2, 0) is 4.79 Å². The second kappa shape index (κ2) is 8.80. The van der Waals surface area contributed by atoms with Gasteiger partial charge in [0.2, 0.25) is 5.91 Å². The Hall–Kier alpha value is -2.63. The molecule has 2 aromatic carbocycles. The van der Waals surface area contributed by atoms with Gasteiger partial charge >= 0.3 is 0 Å². The van der Waals surface area contributed by atoms with Gasteiger partial charge in [0.15, 0.2) is 18.1 Å². The fourth-order valence-electron chi connectivity index (χ4n) is 2.99. The van der Waals surface area contributed by atoms with Gasteiger partial charge in [-0.25, -0.2) is 4.98 Å². The summed E-state index contributed by atoms with van der Waals surface area (Å²) in [5.74, 6) is 0.0246. The number of ketones is 1. The fraction of sp³-hybridized carbons (Fsp3) is 0.227. The lowest BCUT2D eigenvalue weighted by atomic mass is 10.0. The van der Waals surface area contributed by atoms with Gasteiger partial charge in [-0.3, -0.25) is 9.59 Å². The molecule has 3 rings (SSSR count). The number of nitrogens with zero attached hydrogens (tertiary/aromatic N) is 1. The average Bonchev–Trinajstić information content (AvgIpc) is 2.67. The second-order valence-corrected chi connectivity index (χ2v) is 7.59. The summed E-state index contributed by atoms with van der Waals surface area (Å²) in [6.45, 7) is 5.01. The highest BCUT2D eigenvalue weighted by Gasteiger charge is 2.16. The van der Waals surface area contributed by atoms with E-state index in [2.05, 4.69) is 10.3 Å². The van der Waals surface area contributed by atoms with Gasteiger partial charge in [-0.05, 0) is 37.6 Å². The number of Topliss-reactive ketones (excluding diaryl/α,β-unsaturated/α-hetero) is 1. The maximum Gasteiger partial charge on any atom is 0.217 e. The van der Waals surface area contributed by atoms with E-state index in [9.17, 15) is 9.59 Å². The SMILES string of the molecule is CC(=O)N[C@H](C)c1ccc(C(=O)COc2c(Cl)cc(Cl)c3ccc(C)nc23)cc1. The minimum atomic E-state index is -0.199. The quantitative estimate of drug-likeness (QED) is 0.538. The first-order valence-electron chi connectivity index (χ1n) is 9.04. The Morgan fingerprint density at radius 3 is 2.45 bits per heavy atom. The van der Waals surface area contributed by atoms with Crippen LogP contribution in [0.15, 0.2) is 42.5 Å². The summed E-state index contributed by atoms with van der Waals surface area (Å²) in [7, 11) is 0. The fourth-order valence-corrected chi connectivity index (χ4v) is 3.57. The monoisotopic (exact) mass is 430 g/mol. The van der Waals surface area contributed by atoms with E-state index in [0.717, 1.165) is 11.3 Å². The van der Waals surface area contributed by atoms with Crippen molar-refractivity contribution >= 4 is 45.8 Å². The van der Waals surface area contributed by atoms with Gasteiger partial charge in [-0.1, -0.05) is 47.5 Å². The minimum absolute atomic E-state index is 0.109. The Balaban J connectivity index is 1.77. The molecule has 0 unspecified atom stereocenters. The number of aryl methyl sites for hydroxylation is 1. The van der Waals surface area contributed by atoms with Crippen LogP contribution in [0.3, 0.4) is 0 Å². The molecule has 0 saturated heterocycles. The first-order valence-corrected chi connectivity index (χ1v) is 9.80. The molecular weight excluding hydrogens is 411 g/mol. The first-order chi connectivity index (χ1) is 13.8. The van der Waals surface area contributed by atoms with Crippen LogP contribution in [0.4, 0.5) is 0 Å². The van der Waals surface area contributed by atoms with Crippen molar-refractivity contribution in [3.8, 4) is 5.75 Å². The Labute approximate surface area is 179 Å². The number of halogens is 2. The number of amides is 1. The number of carbonyl (C=O) groups is 2. The summed E-state index contributed by atoms with van der Waals surface area (Å²) < 4.78 is 5.75. The smallest absolute Gasteiger partial charge is 0.217 e. The number of aromatic nitrogens is 1. The van der Waals surface area contributed by atoms with Crippen molar-refractivity contribution < 1.29 is 14.3 Å². The highest BCUT2D eigenvalue weighted by atomic mass is 35.5. The molecule has 1 amide bonds. The van der Waals surface area contributed by atoms with Crippen LogP contribution in [0.2, 0.25) is 10.0 Å². The van der Waals surface area contributed by atoms with Gasteiger partial charge in [0.05, 0.1) is 16.1 Å². The van der Waals surface area contributed by atoms with Crippen molar-refractivity contribution in [1.29, 1.82) is 0 Å². The van der Waals surface area contributed by atoms with Gasteiger partial charge in [-0.15, -0.1) is 0 Å². The highest BCUT2D eigenvalue weighted by Crippen LogP contribution is 2.37. The predicted molar refractivity (Wildman–Crippen MR) is 115 cm³/mol. The van der Waals surface area contributed by atoms with Crippen molar-refractivity contribution in [2.75, 3.05) is 6.61 Å². The zero-order chi connectivity index (χ0) is 21.1. The zero-order valence-electron chi connectivity index (χ0n) is 16.3. The molecule has 0 aliphatic carbocycles. The third-order valence-electron chi connectivity index (χ3n) is 4.48. The molecule has 7 heteroatoms. The number of nitrogens with one attached hydrogen (secondary N) is 1. The third kappa shape index (κ3) is 4.86. The third-order valence-corrected chi connectivity index (χ3v) is 5.07. The molecule has 0 aliphatic rings. The van der Waals surface area contributed by atoms with E-state index in [4.69, 9.17) is 27.9 Å². The summed E-state index contributed by atoms with van der Waals surface area (Å²) >= 11 is 12.5. The minimum Gasteiger partial charge on any atom is -0.482 e. The molecule has 1 heterocycles. The van der Waals surface area contributed by atoms with Crippen molar-refractivity contribution in [3.63, 3.8) is 0 Å². The van der Waals surface area contributed by atoms with Gasteiger partial charge in [0.1, 0.15) is 5.52 Å². The van der Waals surface area contributed by atoms with E-state index in [-0.39, 0.29) is 24.3 Å². The number of hydrogen-bond donors (Lipinski definition) is 1. The molecule has 29 heavy (non-hydrogen) atoms. The zero-order valence-corrected chi connectivity index (χ0v) is 17.8. The molecule has 0 bridgehead atoms. The van der Waals surface area contributed by atoms with Crippen LogP contribution in [0.25, 0.3) is 10.9 Å². The number of fused-ring (bicyclic) bond motifs is 1. The maximum absolute atomic E-state index is 12.6. The number of ether oxygens (including phenoxy) is 1. The van der Waals surface area contributed by atoms with Gasteiger partial charge in [-0.2, -0.15) is 0 Å². The van der Waals surface area contributed by atoms with Crippen LogP contribution >= 0.6 is 23.2 Å². The van der Waals surface area contributed by atoms with Crippen LogP contribution < -0.4 is 10.1 Å². The second-order valence-electron chi connectivity index (χ2n) is 6.77. The summed E-state index contributed by atoms with van der Waals surface area (Å²) in [5, 5.41) is 4.29. The van der Waals surface area contributed by atoms with E-state index in [1.165, 1.54) is 6.92 Å². The molecule has 0 fully saturated rings. The molecular formula is C22H20Cl2N2O3. The molecule has 1 N–H and O–H groups in total. The van der Waals surface area contributed by atoms with Crippen molar-refractivity contribution in [2.24, 2.45) is 0 Å². The standard InChI is InChI=1S/C22H20Cl2N2O3/c1-12-4-9-17-18(23)10-19(24)22(21(17)25-12)29-11-20(28)16-7-5-15(6-8-16)13(2)26-14(3)27/h4-10,13H,11H2,1-3H3,(H,26,27)/t13-/m1/s1. The largest absolute Gasteiger partial charge is 0.482 e. The van der Waals surface area contributed by atoms with Crippen LogP contribution in [0.5, 0.6) is 5.75 Å². The van der Waals surface area contributed by atoms with E-state index >= 15 is 0 Å². The lowest BCUT2D eigenvalue weighted by Gasteiger charge is -2.14. The summed E-state index contributed by atoms with van der Waals surface area (Å²) in [4.78, 5) is 28.2. The number of rotatable bonds is 6. The van der Waals surface area contributed by atoms with Crippen molar-refractivity contribution in [1.82, 2.24) is 10.3 Å². The van der Waals surface area contributed by atoms with E-state index in [1.54, 1.807) is 18.2 Å². The van der Waals surface area contributed by atoms with E-state index in [0.29, 0.717) is 32.3 Å².